The van der Waals surface area contributed by atoms with E-state index in [1.165, 1.54) is 6.21 Å². The molecule has 1 aromatic carbocycles. The number of benzene rings is 1. The fourth-order valence-electron chi connectivity index (χ4n) is 1.65. The molecule has 0 saturated carbocycles. The molecule has 10 nitrogen and oxygen atoms in total. The van der Waals surface area contributed by atoms with Crippen LogP contribution in [-0.4, -0.2) is 46.2 Å². The molecule has 0 radical (unpaired) electrons. The van der Waals surface area contributed by atoms with E-state index in [0.717, 1.165) is 5.56 Å². The van der Waals surface area contributed by atoms with E-state index in [1.807, 2.05) is 5.32 Å². The van der Waals surface area contributed by atoms with E-state index < -0.39 is 29.8 Å². The molecule has 0 heterocycles. The number of anilines is 1. The first kappa shape index (κ1) is 18.6. The Morgan fingerprint density at radius 2 is 1.58 bits per heavy atom. The van der Waals surface area contributed by atoms with Gasteiger partial charge in [-0.05, 0) is 17.7 Å². The summed E-state index contributed by atoms with van der Waals surface area (Å²) >= 11 is 0. The van der Waals surface area contributed by atoms with Crippen LogP contribution in [0.3, 0.4) is 0 Å². The van der Waals surface area contributed by atoms with Gasteiger partial charge in [0.2, 0.25) is 17.9 Å². The lowest BCUT2D eigenvalue weighted by Crippen LogP contribution is -2.46. The first-order valence-electron chi connectivity index (χ1n) is 6.71. The Balaban J connectivity index is 2.46. The highest BCUT2D eigenvalue weighted by Crippen LogP contribution is 2.09. The third-order valence-electron chi connectivity index (χ3n) is 2.80. The number of carbonyl (C=O) groups is 4. The van der Waals surface area contributed by atoms with E-state index in [-0.39, 0.29) is 12.8 Å². The zero-order valence-corrected chi connectivity index (χ0v) is 12.4. The predicted octanol–water partition coefficient (Wildman–Crippen LogP) is -0.648. The van der Waals surface area contributed by atoms with Crippen molar-refractivity contribution < 1.29 is 29.4 Å². The highest BCUT2D eigenvalue weighted by atomic mass is 16.4. The number of amides is 2. The number of hydrogen-bond donors (Lipinski definition) is 5. The van der Waals surface area contributed by atoms with Crippen molar-refractivity contribution in [3.63, 3.8) is 0 Å². The standard InChI is InChI=1S/C14H16N4O6/c15-16-7-8-1-3-9(4-2-8)17-10(19)5-6-11(20)18-12(13(21)22)14(23)24/h1-4,7,12H,5-6,15H2,(H,17,19)(H,18,20)(H,21,22)(H,23,24). The second kappa shape index (κ2) is 8.88. The van der Waals surface area contributed by atoms with Crippen LogP contribution in [0.4, 0.5) is 5.69 Å². The van der Waals surface area contributed by atoms with Crippen molar-refractivity contribution in [3.8, 4) is 0 Å². The van der Waals surface area contributed by atoms with Gasteiger partial charge in [0.1, 0.15) is 0 Å². The topological polar surface area (TPSA) is 171 Å². The predicted molar refractivity (Wildman–Crippen MR) is 83.3 cm³/mol. The van der Waals surface area contributed by atoms with Crippen molar-refractivity contribution in [2.45, 2.75) is 18.9 Å². The lowest BCUT2D eigenvalue weighted by molar-refractivity contribution is -0.153. The van der Waals surface area contributed by atoms with Gasteiger partial charge in [0.15, 0.2) is 0 Å². The van der Waals surface area contributed by atoms with Crippen LogP contribution in [0.2, 0.25) is 0 Å². The number of carboxylic acids is 2. The Morgan fingerprint density at radius 3 is 2.08 bits per heavy atom. The number of carbonyl (C=O) groups excluding carboxylic acids is 2. The van der Waals surface area contributed by atoms with Crippen LogP contribution < -0.4 is 16.5 Å². The quantitative estimate of drug-likeness (QED) is 0.182. The van der Waals surface area contributed by atoms with Gasteiger partial charge in [0.25, 0.3) is 0 Å². The summed E-state index contributed by atoms with van der Waals surface area (Å²) in [6.07, 6.45) is 0.849. The second-order valence-corrected chi connectivity index (χ2v) is 4.63. The van der Waals surface area contributed by atoms with E-state index in [0.29, 0.717) is 5.69 Å². The van der Waals surface area contributed by atoms with Crippen molar-refractivity contribution in [1.82, 2.24) is 5.32 Å². The molecular weight excluding hydrogens is 320 g/mol. The Kier molecular flexibility index (Phi) is 6.89. The number of nitrogens with two attached hydrogens (primary N) is 1. The summed E-state index contributed by atoms with van der Waals surface area (Å²) < 4.78 is 0. The van der Waals surface area contributed by atoms with Gasteiger partial charge in [-0.25, -0.2) is 9.59 Å². The van der Waals surface area contributed by atoms with Gasteiger partial charge < -0.3 is 26.7 Å². The molecule has 0 aliphatic carbocycles. The third kappa shape index (κ3) is 6.13. The Morgan fingerprint density at radius 1 is 1.04 bits per heavy atom. The first-order valence-corrected chi connectivity index (χ1v) is 6.71. The fraction of sp³-hybridized carbons (Fsp3) is 0.214. The number of nitrogens with zero attached hydrogens (tertiary/aromatic N) is 1. The lowest BCUT2D eigenvalue weighted by atomic mass is 10.2. The minimum Gasteiger partial charge on any atom is -0.479 e. The maximum absolute atomic E-state index is 11.7. The van der Waals surface area contributed by atoms with E-state index in [4.69, 9.17) is 16.1 Å². The van der Waals surface area contributed by atoms with Crippen LogP contribution in [0, 0.1) is 0 Å². The van der Waals surface area contributed by atoms with E-state index in [1.54, 1.807) is 24.3 Å². The van der Waals surface area contributed by atoms with Gasteiger partial charge in [-0.2, -0.15) is 5.10 Å². The molecule has 0 fully saturated rings. The zero-order valence-electron chi connectivity index (χ0n) is 12.4. The highest BCUT2D eigenvalue weighted by molar-refractivity contribution is 6.01. The summed E-state index contributed by atoms with van der Waals surface area (Å²) in [6.45, 7) is 0. The molecule has 0 aliphatic heterocycles. The van der Waals surface area contributed by atoms with E-state index >= 15 is 0 Å². The molecule has 0 bridgehead atoms. The molecule has 0 spiro atoms. The van der Waals surface area contributed by atoms with Gasteiger partial charge in [0, 0.05) is 18.5 Å². The molecule has 2 amide bonds. The Hall–Kier alpha value is -3.43. The van der Waals surface area contributed by atoms with Gasteiger partial charge >= 0.3 is 11.9 Å². The summed E-state index contributed by atoms with van der Waals surface area (Å²) in [5.41, 5.74) is 1.23. The van der Waals surface area contributed by atoms with Crippen molar-refractivity contribution >= 4 is 35.7 Å². The molecule has 0 atom stereocenters. The van der Waals surface area contributed by atoms with E-state index in [2.05, 4.69) is 10.4 Å². The highest BCUT2D eigenvalue weighted by Gasteiger charge is 2.27. The van der Waals surface area contributed by atoms with Gasteiger partial charge in [0.05, 0.1) is 6.21 Å². The molecule has 0 aliphatic rings. The van der Waals surface area contributed by atoms with Crippen LogP contribution >= 0.6 is 0 Å². The largest absolute Gasteiger partial charge is 0.479 e. The summed E-state index contributed by atoms with van der Waals surface area (Å²) in [7, 11) is 0. The number of hydrogen-bond acceptors (Lipinski definition) is 6. The van der Waals surface area contributed by atoms with Gasteiger partial charge in [-0.15, -0.1) is 0 Å². The van der Waals surface area contributed by atoms with Crippen LogP contribution in [0.5, 0.6) is 0 Å². The van der Waals surface area contributed by atoms with Crippen LogP contribution in [0.15, 0.2) is 29.4 Å². The molecule has 128 valence electrons. The molecule has 1 aromatic rings. The average Bonchev–Trinajstić information content (AvgIpc) is 2.52. The minimum absolute atomic E-state index is 0.232. The maximum Gasteiger partial charge on any atom is 0.338 e. The number of rotatable bonds is 8. The molecule has 0 unspecified atom stereocenters. The van der Waals surface area contributed by atoms with Gasteiger partial charge in [-0.3, -0.25) is 9.59 Å². The summed E-state index contributed by atoms with van der Waals surface area (Å²) in [4.78, 5) is 44.5. The van der Waals surface area contributed by atoms with Crippen molar-refractivity contribution in [3.05, 3.63) is 29.8 Å². The SMILES string of the molecule is NN=Cc1ccc(NC(=O)CCC(=O)NC(C(=O)O)C(=O)O)cc1. The molecular formula is C14H16N4O6. The van der Waals surface area contributed by atoms with Crippen molar-refractivity contribution in [1.29, 1.82) is 0 Å². The third-order valence-corrected chi connectivity index (χ3v) is 2.80. The molecule has 10 heteroatoms. The molecule has 24 heavy (non-hydrogen) atoms. The number of hydrazone groups is 1. The average molecular weight is 336 g/mol. The Bertz CT molecular complexity index is 642. The molecule has 0 aromatic heterocycles. The monoisotopic (exact) mass is 336 g/mol. The maximum atomic E-state index is 11.7. The summed E-state index contributed by atoms with van der Waals surface area (Å²) in [6, 6.07) is 4.52. The number of nitrogens with one attached hydrogen (secondary N) is 2. The normalized spacial score (nSPS) is 10.5. The second-order valence-electron chi connectivity index (χ2n) is 4.63. The van der Waals surface area contributed by atoms with Crippen LogP contribution in [0.25, 0.3) is 0 Å². The molecule has 0 saturated heterocycles. The number of aliphatic carboxylic acids is 2. The summed E-state index contributed by atoms with van der Waals surface area (Å²) in [5, 5.41) is 25.0. The van der Waals surface area contributed by atoms with Crippen LogP contribution in [-0.2, 0) is 19.2 Å². The van der Waals surface area contributed by atoms with E-state index in [9.17, 15) is 19.2 Å². The van der Waals surface area contributed by atoms with Crippen LogP contribution in [0.1, 0.15) is 18.4 Å². The summed E-state index contributed by atoms with van der Waals surface area (Å²) in [5.74, 6) is 0.290. The van der Waals surface area contributed by atoms with Crippen molar-refractivity contribution in [2.75, 3.05) is 5.32 Å². The smallest absolute Gasteiger partial charge is 0.338 e. The lowest BCUT2D eigenvalue weighted by Gasteiger charge is -2.10. The van der Waals surface area contributed by atoms with Crippen molar-refractivity contribution in [2.24, 2.45) is 10.9 Å². The van der Waals surface area contributed by atoms with Gasteiger partial charge in [-0.1, -0.05) is 12.1 Å². The Labute approximate surface area is 136 Å². The fourth-order valence-corrected chi connectivity index (χ4v) is 1.65. The minimum atomic E-state index is -2.04. The first-order chi connectivity index (χ1) is 11.3. The zero-order chi connectivity index (χ0) is 18.1. The molecule has 6 N–H and O–H groups in total. The number of carboxylic acid groups (broad SMARTS) is 2. The molecule has 1 rings (SSSR count).